The summed E-state index contributed by atoms with van der Waals surface area (Å²) in [6, 6.07) is 17.7. The van der Waals surface area contributed by atoms with Crippen LogP contribution >= 0.6 is 0 Å². The topological polar surface area (TPSA) is 26.3 Å². The molecule has 1 fully saturated rings. The molecule has 3 heteroatoms. The van der Waals surface area contributed by atoms with Crippen molar-refractivity contribution in [1.82, 2.24) is 0 Å². The van der Waals surface area contributed by atoms with Gasteiger partial charge in [0.25, 0.3) is 0 Å². The number of hydrogen-bond acceptors (Lipinski definition) is 2. The summed E-state index contributed by atoms with van der Waals surface area (Å²) < 4.78 is 5.61. The Hall–Kier alpha value is -1.57. The molecule has 2 aromatic rings. The molecule has 1 aliphatic heterocycles. The van der Waals surface area contributed by atoms with E-state index in [0.717, 1.165) is 12.8 Å². The van der Waals surface area contributed by atoms with E-state index in [1.54, 1.807) is 0 Å². The minimum absolute atomic E-state index is 0.0238. The van der Waals surface area contributed by atoms with Gasteiger partial charge in [0.05, 0.1) is 0 Å². The monoisotopic (exact) mass is 388 g/mol. The van der Waals surface area contributed by atoms with Gasteiger partial charge in [-0.25, -0.2) is 0 Å². The number of carbonyl (C=O) groups excluding carboxylic acids is 1. The molecule has 0 amide bonds. The fourth-order valence-electron chi connectivity index (χ4n) is 3.21. The molecule has 1 aliphatic rings. The number of carbonyl (C=O) groups is 1. The predicted octanol–water partition coefficient (Wildman–Crippen LogP) is 4.52. The van der Waals surface area contributed by atoms with Crippen molar-refractivity contribution >= 4 is 20.9 Å². The van der Waals surface area contributed by atoms with Crippen molar-refractivity contribution in [2.45, 2.75) is 49.3 Å². The molecule has 2 nitrogen and oxygen atoms in total. The molecule has 0 spiro atoms. The quantitative estimate of drug-likeness (QED) is 0.572. The third-order valence-electron chi connectivity index (χ3n) is 4.51. The van der Waals surface area contributed by atoms with Crippen LogP contribution in [0, 0.1) is 13.8 Å². The van der Waals surface area contributed by atoms with E-state index >= 15 is 0 Å². The summed E-state index contributed by atoms with van der Waals surface area (Å²) in [4.78, 5) is 12.5. The Morgan fingerprint density at radius 3 is 1.67 bits per heavy atom. The summed E-state index contributed by atoms with van der Waals surface area (Å²) in [6.45, 7) is 5.75. The molecular weight excluding hydrogens is 363 g/mol. The van der Waals surface area contributed by atoms with Gasteiger partial charge in [-0.1, -0.05) is 0 Å². The molecule has 126 valence electrons. The maximum absolute atomic E-state index is 11.5. The average Bonchev–Trinajstić information content (AvgIpc) is 2.55. The SMILES string of the molecule is CC(=O)OC1C[C@@H](c2ccc(C)cc2)[Se][C@@H](c2ccc(C)cc2)C1. The van der Waals surface area contributed by atoms with Crippen LogP contribution in [0.15, 0.2) is 48.5 Å². The first-order valence-electron chi connectivity index (χ1n) is 8.47. The van der Waals surface area contributed by atoms with Gasteiger partial charge in [0, 0.05) is 0 Å². The number of ether oxygens (including phenoxy) is 1. The van der Waals surface area contributed by atoms with Gasteiger partial charge in [0.2, 0.25) is 0 Å². The summed E-state index contributed by atoms with van der Waals surface area (Å²) in [5.74, 6) is -0.167. The average molecular weight is 387 g/mol. The van der Waals surface area contributed by atoms with E-state index in [9.17, 15) is 4.79 Å². The van der Waals surface area contributed by atoms with E-state index in [2.05, 4.69) is 62.4 Å². The molecule has 1 heterocycles. The first kappa shape index (κ1) is 17.3. The molecule has 0 aliphatic carbocycles. The molecule has 1 unspecified atom stereocenters. The zero-order chi connectivity index (χ0) is 17.1. The van der Waals surface area contributed by atoms with E-state index in [0.29, 0.717) is 24.6 Å². The van der Waals surface area contributed by atoms with E-state index in [-0.39, 0.29) is 12.1 Å². The van der Waals surface area contributed by atoms with Gasteiger partial charge in [-0.3, -0.25) is 0 Å². The van der Waals surface area contributed by atoms with E-state index in [1.165, 1.54) is 29.2 Å². The normalized spacial score (nSPS) is 23.7. The minimum atomic E-state index is -0.167. The van der Waals surface area contributed by atoms with Gasteiger partial charge in [-0.15, -0.1) is 0 Å². The van der Waals surface area contributed by atoms with Gasteiger partial charge >= 0.3 is 151 Å². The second-order valence-corrected chi connectivity index (χ2v) is 9.60. The van der Waals surface area contributed by atoms with Gasteiger partial charge < -0.3 is 0 Å². The first-order valence-corrected chi connectivity index (χ1v) is 10.4. The molecular formula is C21H24O2Se. The van der Waals surface area contributed by atoms with Crippen LogP contribution in [-0.2, 0) is 9.53 Å². The van der Waals surface area contributed by atoms with Crippen molar-refractivity contribution in [3.05, 3.63) is 70.8 Å². The third kappa shape index (κ3) is 4.28. The Bertz CT molecular complexity index is 637. The Balaban J connectivity index is 1.84. The van der Waals surface area contributed by atoms with Crippen molar-refractivity contribution in [2.75, 3.05) is 0 Å². The van der Waals surface area contributed by atoms with Crippen molar-refractivity contribution in [3.63, 3.8) is 0 Å². The van der Waals surface area contributed by atoms with Crippen LogP contribution < -0.4 is 0 Å². The molecule has 0 N–H and O–H groups in total. The number of benzene rings is 2. The fourth-order valence-corrected chi connectivity index (χ4v) is 6.72. The van der Waals surface area contributed by atoms with Crippen molar-refractivity contribution in [2.24, 2.45) is 0 Å². The van der Waals surface area contributed by atoms with Crippen LogP contribution in [0.2, 0.25) is 0 Å². The first-order chi connectivity index (χ1) is 11.5. The third-order valence-corrected chi connectivity index (χ3v) is 7.84. The van der Waals surface area contributed by atoms with Gasteiger partial charge in [-0.2, -0.15) is 0 Å². The zero-order valence-corrected chi connectivity index (χ0v) is 16.2. The van der Waals surface area contributed by atoms with Crippen LogP contribution in [0.1, 0.15) is 51.7 Å². The fraction of sp³-hybridized carbons (Fsp3) is 0.381. The Kier molecular flexibility index (Phi) is 5.43. The maximum atomic E-state index is 11.5. The van der Waals surface area contributed by atoms with Crippen LogP contribution in [0.3, 0.4) is 0 Å². The zero-order valence-electron chi connectivity index (χ0n) is 14.5. The molecule has 2 aromatic carbocycles. The summed E-state index contributed by atoms with van der Waals surface area (Å²) >= 11 is 0.459. The second kappa shape index (κ2) is 7.55. The van der Waals surface area contributed by atoms with Gasteiger partial charge in [0.15, 0.2) is 0 Å². The van der Waals surface area contributed by atoms with Crippen molar-refractivity contribution in [3.8, 4) is 0 Å². The van der Waals surface area contributed by atoms with E-state index < -0.39 is 0 Å². The summed E-state index contributed by atoms with van der Waals surface area (Å²) in [5.41, 5.74) is 5.34. The number of aryl methyl sites for hydroxylation is 2. The molecule has 0 saturated carbocycles. The van der Waals surface area contributed by atoms with Gasteiger partial charge in [0.1, 0.15) is 0 Å². The Morgan fingerprint density at radius 2 is 1.29 bits per heavy atom. The Morgan fingerprint density at radius 1 is 0.875 bits per heavy atom. The molecule has 3 rings (SSSR count). The number of hydrogen-bond donors (Lipinski definition) is 0. The van der Waals surface area contributed by atoms with Crippen LogP contribution in [0.4, 0.5) is 0 Å². The molecule has 24 heavy (non-hydrogen) atoms. The molecule has 0 radical (unpaired) electrons. The van der Waals surface area contributed by atoms with E-state index in [1.807, 2.05) is 0 Å². The van der Waals surface area contributed by atoms with Crippen molar-refractivity contribution < 1.29 is 9.53 Å². The summed E-state index contributed by atoms with van der Waals surface area (Å²) in [6.07, 6.45) is 1.92. The number of esters is 1. The molecule has 0 aromatic heterocycles. The summed E-state index contributed by atoms with van der Waals surface area (Å²) in [5, 5.41) is 0. The van der Waals surface area contributed by atoms with Gasteiger partial charge in [-0.05, 0) is 0 Å². The molecule has 0 bridgehead atoms. The van der Waals surface area contributed by atoms with E-state index in [4.69, 9.17) is 4.74 Å². The standard InChI is InChI=1S/C21H24O2Se/c1-14-4-8-17(9-5-14)20-12-19(23-16(3)22)13-21(24-20)18-10-6-15(2)7-11-18/h4-11,19-21H,12-13H2,1-3H3/t19?,20-,21+. The van der Waals surface area contributed by atoms with Crippen LogP contribution in [0.25, 0.3) is 0 Å². The summed E-state index contributed by atoms with van der Waals surface area (Å²) in [7, 11) is 0. The van der Waals surface area contributed by atoms with Crippen LogP contribution in [-0.4, -0.2) is 27.0 Å². The number of rotatable bonds is 3. The Labute approximate surface area is 150 Å². The molecule has 1 saturated heterocycles. The van der Waals surface area contributed by atoms with Crippen molar-refractivity contribution in [1.29, 1.82) is 0 Å². The predicted molar refractivity (Wildman–Crippen MR) is 98.4 cm³/mol. The second-order valence-electron chi connectivity index (χ2n) is 6.64. The molecule has 3 atom stereocenters. The van der Waals surface area contributed by atoms with Crippen LogP contribution in [0.5, 0.6) is 0 Å².